The Bertz CT molecular complexity index is 2830. The van der Waals surface area contributed by atoms with E-state index in [0.29, 0.717) is 47.9 Å². The Morgan fingerprint density at radius 2 is 1.16 bits per heavy atom. The van der Waals surface area contributed by atoms with Crippen LogP contribution in [0.2, 0.25) is 0 Å². The molecule has 6 N–H and O–H groups in total. The van der Waals surface area contributed by atoms with Crippen LogP contribution in [0, 0.1) is 0 Å². The van der Waals surface area contributed by atoms with Gasteiger partial charge >= 0.3 is 0 Å². The lowest BCUT2D eigenvalue weighted by Crippen LogP contribution is -2.30. The molecular formula is C54H55N5O8. The van der Waals surface area contributed by atoms with Crippen LogP contribution in [0.25, 0.3) is 10.8 Å². The first-order valence-corrected chi connectivity index (χ1v) is 21.5. The Kier molecular flexibility index (Phi) is 16.7. The number of benzene rings is 7. The van der Waals surface area contributed by atoms with Gasteiger partial charge in [-0.1, -0.05) is 86.3 Å². The van der Waals surface area contributed by atoms with Crippen LogP contribution in [0.1, 0.15) is 68.5 Å². The van der Waals surface area contributed by atoms with E-state index in [1.165, 1.54) is 19.2 Å². The quantitative estimate of drug-likeness (QED) is 0.0528. The van der Waals surface area contributed by atoms with Crippen molar-refractivity contribution in [1.82, 2.24) is 4.90 Å². The number of aromatic hydroxyl groups is 1. The van der Waals surface area contributed by atoms with E-state index in [9.17, 15) is 24.3 Å². The number of hydrogen-bond acceptors (Lipinski definition) is 9. The molecule has 344 valence electrons. The summed E-state index contributed by atoms with van der Waals surface area (Å²) in [6.45, 7) is 3.40. The molecule has 0 atom stereocenters. The van der Waals surface area contributed by atoms with E-state index >= 15 is 0 Å². The fourth-order valence-electron chi connectivity index (χ4n) is 7.18. The summed E-state index contributed by atoms with van der Waals surface area (Å²) in [4.78, 5) is 55.7. The maximum absolute atomic E-state index is 14.0. The molecule has 0 aromatic heterocycles. The summed E-state index contributed by atoms with van der Waals surface area (Å²) in [6.07, 6.45) is 0.604. The number of carbonyl (C=O) groups excluding carboxylic acids is 4. The van der Waals surface area contributed by atoms with Gasteiger partial charge in [-0.05, 0) is 107 Å². The van der Waals surface area contributed by atoms with Crippen LogP contribution in [0.5, 0.6) is 23.0 Å². The molecule has 0 saturated carbocycles. The molecule has 7 aromatic rings. The number of ether oxygens (including phenoxy) is 3. The normalized spacial score (nSPS) is 10.6. The van der Waals surface area contributed by atoms with Crippen LogP contribution >= 0.6 is 0 Å². The molecule has 0 fully saturated rings. The number of anilines is 3. The van der Waals surface area contributed by atoms with Gasteiger partial charge in [-0.15, -0.1) is 0 Å². The minimum absolute atomic E-state index is 0. The van der Waals surface area contributed by atoms with Gasteiger partial charge < -0.3 is 45.9 Å². The minimum Gasteiger partial charge on any atom is -0.508 e. The predicted molar refractivity (Wildman–Crippen MR) is 263 cm³/mol. The highest BCUT2D eigenvalue weighted by Gasteiger charge is 2.21. The SMILES string of the molecule is C.CCN(Cc1ccc2ccccc2c1)C(=O)c1ccc(NC(=O)c2ccc(NC(=O)c3ccc(NC(=O)CCN)c(OCCc4ccc(O)cc4)c3)c(OC)c2)c(OCc2ccccc2)c1. The van der Waals surface area contributed by atoms with Gasteiger partial charge in [0, 0.05) is 49.2 Å². The number of hydrogen-bond donors (Lipinski definition) is 5. The summed E-state index contributed by atoms with van der Waals surface area (Å²) < 4.78 is 18.0. The molecule has 4 amide bonds. The van der Waals surface area contributed by atoms with Crippen molar-refractivity contribution >= 4 is 51.5 Å². The van der Waals surface area contributed by atoms with Gasteiger partial charge in [0.25, 0.3) is 17.7 Å². The summed E-state index contributed by atoms with van der Waals surface area (Å²) >= 11 is 0. The molecule has 0 spiro atoms. The maximum Gasteiger partial charge on any atom is 0.255 e. The van der Waals surface area contributed by atoms with Gasteiger partial charge in [-0.2, -0.15) is 0 Å². The first-order chi connectivity index (χ1) is 32.1. The molecule has 0 heterocycles. The van der Waals surface area contributed by atoms with E-state index in [1.54, 1.807) is 71.6 Å². The summed E-state index contributed by atoms with van der Waals surface area (Å²) in [5, 5.41) is 20.4. The molecule has 0 aliphatic carbocycles. The molecule has 13 nitrogen and oxygen atoms in total. The highest BCUT2D eigenvalue weighted by Crippen LogP contribution is 2.32. The van der Waals surface area contributed by atoms with Crippen molar-refractivity contribution in [3.63, 3.8) is 0 Å². The van der Waals surface area contributed by atoms with Gasteiger partial charge in [0.1, 0.15) is 29.6 Å². The largest absolute Gasteiger partial charge is 0.508 e. The second-order valence-electron chi connectivity index (χ2n) is 15.4. The van der Waals surface area contributed by atoms with Gasteiger partial charge in [0.15, 0.2) is 0 Å². The van der Waals surface area contributed by atoms with Gasteiger partial charge in [0.2, 0.25) is 5.91 Å². The number of rotatable bonds is 19. The number of nitrogens with zero attached hydrogens (tertiary/aromatic N) is 1. The summed E-state index contributed by atoms with van der Waals surface area (Å²) in [7, 11) is 1.43. The minimum atomic E-state index is -0.498. The zero-order valence-corrected chi connectivity index (χ0v) is 36.7. The number of methoxy groups -OCH3 is 1. The lowest BCUT2D eigenvalue weighted by atomic mass is 10.1. The molecule has 0 aliphatic rings. The fourth-order valence-corrected chi connectivity index (χ4v) is 7.18. The molecular weight excluding hydrogens is 847 g/mol. The van der Waals surface area contributed by atoms with Gasteiger partial charge in [0.05, 0.1) is 30.8 Å². The molecule has 0 saturated heterocycles. The van der Waals surface area contributed by atoms with E-state index in [0.717, 1.165) is 27.5 Å². The number of amides is 4. The summed E-state index contributed by atoms with van der Waals surface area (Å²) in [5.41, 5.74) is 10.3. The Hall–Kier alpha value is -8.16. The average molecular weight is 902 g/mol. The standard InChI is InChI=1S/C53H51N5O8.CH4/c1-3-58(33-37-13-16-38-11-7-8-12-39(38)29-37)53(63)42-19-24-46(49(32-42)66-34-36-9-5-4-6-10-36)57-51(61)40-17-22-44(47(30-40)64-2)56-52(62)41-18-23-45(55-50(60)25-27-54)48(31-41)65-28-26-35-14-20-43(59)21-15-35;/h4-24,29-32,59H,3,25-28,33-34,54H2,1-2H3,(H,55,60)(H,56,62)(H,57,61);1H4. The number of phenols is 1. The molecule has 13 heteroatoms. The number of fused-ring (bicyclic) bond motifs is 1. The third-order valence-corrected chi connectivity index (χ3v) is 10.8. The van der Waals surface area contributed by atoms with E-state index < -0.39 is 11.8 Å². The highest BCUT2D eigenvalue weighted by atomic mass is 16.5. The Morgan fingerprint density at radius 1 is 0.597 bits per heavy atom. The zero-order chi connectivity index (χ0) is 46.4. The second-order valence-corrected chi connectivity index (χ2v) is 15.4. The summed E-state index contributed by atoms with van der Waals surface area (Å²) in [6, 6.07) is 44.8. The molecule has 7 aromatic carbocycles. The Balaban J connectivity index is 0.00000741. The van der Waals surface area contributed by atoms with Crippen LogP contribution in [0.15, 0.2) is 152 Å². The van der Waals surface area contributed by atoms with Crippen LogP contribution < -0.4 is 35.9 Å². The van der Waals surface area contributed by atoms with Crippen LogP contribution in [-0.2, 0) is 24.4 Å². The highest BCUT2D eigenvalue weighted by molar-refractivity contribution is 6.08. The number of carbonyl (C=O) groups is 4. The summed E-state index contributed by atoms with van der Waals surface area (Å²) in [5.74, 6) is -0.508. The monoisotopic (exact) mass is 901 g/mol. The van der Waals surface area contributed by atoms with E-state index in [2.05, 4.69) is 40.2 Å². The second kappa shape index (κ2) is 23.2. The topological polar surface area (TPSA) is 182 Å². The fraction of sp³-hybridized carbons (Fsp3) is 0.185. The van der Waals surface area contributed by atoms with E-state index in [-0.39, 0.29) is 73.8 Å². The van der Waals surface area contributed by atoms with Crippen molar-refractivity contribution in [2.24, 2.45) is 5.73 Å². The molecule has 0 bridgehead atoms. The first kappa shape index (κ1) is 48.3. The first-order valence-electron chi connectivity index (χ1n) is 21.5. The molecule has 0 radical (unpaired) electrons. The lowest BCUT2D eigenvalue weighted by molar-refractivity contribution is -0.116. The maximum atomic E-state index is 14.0. The van der Waals surface area contributed by atoms with E-state index in [1.807, 2.05) is 55.5 Å². The van der Waals surface area contributed by atoms with Crippen molar-refractivity contribution in [2.75, 3.05) is 42.8 Å². The molecule has 0 aliphatic heterocycles. The Morgan fingerprint density at radius 3 is 1.82 bits per heavy atom. The van der Waals surface area contributed by atoms with Crippen molar-refractivity contribution < 1.29 is 38.5 Å². The van der Waals surface area contributed by atoms with Crippen molar-refractivity contribution in [3.05, 3.63) is 185 Å². The van der Waals surface area contributed by atoms with Gasteiger partial charge in [-0.3, -0.25) is 19.2 Å². The van der Waals surface area contributed by atoms with Crippen LogP contribution in [0.3, 0.4) is 0 Å². The molecule has 0 unspecified atom stereocenters. The van der Waals surface area contributed by atoms with Gasteiger partial charge in [-0.25, -0.2) is 0 Å². The van der Waals surface area contributed by atoms with Crippen LogP contribution in [0.4, 0.5) is 17.1 Å². The smallest absolute Gasteiger partial charge is 0.255 e. The van der Waals surface area contributed by atoms with Crippen molar-refractivity contribution in [2.45, 2.75) is 40.3 Å². The van der Waals surface area contributed by atoms with Crippen molar-refractivity contribution in [3.8, 4) is 23.0 Å². The van der Waals surface area contributed by atoms with E-state index in [4.69, 9.17) is 19.9 Å². The van der Waals surface area contributed by atoms with Crippen molar-refractivity contribution in [1.29, 1.82) is 0 Å². The third kappa shape index (κ3) is 12.8. The predicted octanol–water partition coefficient (Wildman–Crippen LogP) is 9.84. The Labute approximate surface area is 390 Å². The number of phenolic OH excluding ortho intramolecular Hbond substituents is 1. The number of nitrogens with one attached hydrogen (secondary N) is 3. The third-order valence-electron chi connectivity index (χ3n) is 10.8. The lowest BCUT2D eigenvalue weighted by Gasteiger charge is -2.22. The molecule has 67 heavy (non-hydrogen) atoms. The molecule has 7 rings (SSSR count). The number of nitrogens with two attached hydrogens (primary N) is 1. The zero-order valence-electron chi connectivity index (χ0n) is 36.7. The van der Waals surface area contributed by atoms with Crippen LogP contribution in [-0.4, -0.2) is 60.4 Å². The average Bonchev–Trinajstić information content (AvgIpc) is 3.34.